The lowest BCUT2D eigenvalue weighted by atomic mass is 10.2. The highest BCUT2D eigenvalue weighted by Crippen LogP contribution is 2.12. The van der Waals surface area contributed by atoms with Gasteiger partial charge in [0, 0.05) is 17.1 Å². The first-order chi connectivity index (χ1) is 8.11. The van der Waals surface area contributed by atoms with E-state index in [-0.39, 0.29) is 6.10 Å². The van der Waals surface area contributed by atoms with Gasteiger partial charge in [-0.3, -0.25) is 0 Å². The molecule has 0 saturated carbocycles. The Labute approximate surface area is 113 Å². The van der Waals surface area contributed by atoms with Crippen LogP contribution in [0, 0.1) is 0 Å². The Bertz CT molecular complexity index is 330. The molecule has 1 N–H and O–H groups in total. The van der Waals surface area contributed by atoms with Gasteiger partial charge in [-0.05, 0) is 38.0 Å². The molecule has 17 heavy (non-hydrogen) atoms. The SMILES string of the molecule is CCC(C)NCC(C)OCc1cccc(Br)c1. The Balaban J connectivity index is 2.26. The van der Waals surface area contributed by atoms with E-state index in [1.807, 2.05) is 12.1 Å². The minimum atomic E-state index is 0.239. The number of hydrogen-bond donors (Lipinski definition) is 1. The van der Waals surface area contributed by atoms with Crippen LogP contribution in [0.3, 0.4) is 0 Å². The van der Waals surface area contributed by atoms with Crippen LogP contribution >= 0.6 is 15.9 Å². The van der Waals surface area contributed by atoms with Gasteiger partial charge in [0.05, 0.1) is 12.7 Å². The second-order valence-corrected chi connectivity index (χ2v) is 5.38. The van der Waals surface area contributed by atoms with Gasteiger partial charge in [0.25, 0.3) is 0 Å². The molecule has 2 nitrogen and oxygen atoms in total. The van der Waals surface area contributed by atoms with E-state index in [9.17, 15) is 0 Å². The van der Waals surface area contributed by atoms with Gasteiger partial charge >= 0.3 is 0 Å². The minimum absolute atomic E-state index is 0.239. The first-order valence-corrected chi connectivity index (χ1v) is 7.00. The largest absolute Gasteiger partial charge is 0.373 e. The van der Waals surface area contributed by atoms with Crippen LogP contribution < -0.4 is 5.32 Å². The average molecular weight is 300 g/mol. The molecule has 0 amide bonds. The highest BCUT2D eigenvalue weighted by atomic mass is 79.9. The summed E-state index contributed by atoms with van der Waals surface area (Å²) in [5, 5.41) is 3.45. The highest BCUT2D eigenvalue weighted by molar-refractivity contribution is 9.10. The number of rotatable bonds is 7. The Morgan fingerprint density at radius 3 is 2.76 bits per heavy atom. The summed E-state index contributed by atoms with van der Waals surface area (Å²) in [6, 6.07) is 8.79. The first kappa shape index (κ1) is 14.7. The van der Waals surface area contributed by atoms with Crippen molar-refractivity contribution in [3.63, 3.8) is 0 Å². The zero-order chi connectivity index (χ0) is 12.7. The van der Waals surface area contributed by atoms with Crippen molar-refractivity contribution in [3.8, 4) is 0 Å². The van der Waals surface area contributed by atoms with Gasteiger partial charge < -0.3 is 10.1 Å². The summed E-state index contributed by atoms with van der Waals surface area (Å²) in [4.78, 5) is 0. The second kappa shape index (κ2) is 7.85. The molecular weight excluding hydrogens is 278 g/mol. The van der Waals surface area contributed by atoms with Crippen molar-refractivity contribution in [2.75, 3.05) is 6.54 Å². The van der Waals surface area contributed by atoms with Crippen molar-refractivity contribution in [1.82, 2.24) is 5.32 Å². The molecule has 1 rings (SSSR count). The lowest BCUT2D eigenvalue weighted by molar-refractivity contribution is 0.0516. The molecule has 1 aromatic rings. The topological polar surface area (TPSA) is 21.3 Å². The normalized spacial score (nSPS) is 14.6. The maximum atomic E-state index is 5.79. The summed E-state index contributed by atoms with van der Waals surface area (Å²) in [5.74, 6) is 0. The van der Waals surface area contributed by atoms with Crippen molar-refractivity contribution >= 4 is 15.9 Å². The van der Waals surface area contributed by atoms with E-state index in [4.69, 9.17) is 4.74 Å². The Morgan fingerprint density at radius 2 is 2.12 bits per heavy atom. The second-order valence-electron chi connectivity index (χ2n) is 4.47. The van der Waals surface area contributed by atoms with Crippen LogP contribution in [0.4, 0.5) is 0 Å². The van der Waals surface area contributed by atoms with E-state index in [1.54, 1.807) is 0 Å². The Kier molecular flexibility index (Phi) is 6.78. The number of nitrogens with one attached hydrogen (secondary N) is 1. The van der Waals surface area contributed by atoms with Crippen LogP contribution in [-0.4, -0.2) is 18.7 Å². The molecule has 0 saturated heterocycles. The van der Waals surface area contributed by atoms with Crippen LogP contribution in [0.5, 0.6) is 0 Å². The van der Waals surface area contributed by atoms with E-state index < -0.39 is 0 Å². The lowest BCUT2D eigenvalue weighted by Gasteiger charge is -2.17. The molecule has 3 heteroatoms. The average Bonchev–Trinajstić information content (AvgIpc) is 2.33. The molecule has 0 aliphatic carbocycles. The number of hydrogen-bond acceptors (Lipinski definition) is 2. The van der Waals surface area contributed by atoms with Gasteiger partial charge in [0.15, 0.2) is 0 Å². The first-order valence-electron chi connectivity index (χ1n) is 6.21. The van der Waals surface area contributed by atoms with Crippen LogP contribution in [0.2, 0.25) is 0 Å². The van der Waals surface area contributed by atoms with Crippen molar-refractivity contribution in [1.29, 1.82) is 0 Å². The summed E-state index contributed by atoms with van der Waals surface area (Å²) in [5.41, 5.74) is 1.20. The maximum Gasteiger partial charge on any atom is 0.0721 e. The third kappa shape index (κ3) is 6.20. The van der Waals surface area contributed by atoms with Crippen LogP contribution in [-0.2, 0) is 11.3 Å². The fourth-order valence-corrected chi connectivity index (χ4v) is 1.88. The summed E-state index contributed by atoms with van der Waals surface area (Å²) < 4.78 is 6.90. The molecule has 2 unspecified atom stereocenters. The van der Waals surface area contributed by atoms with E-state index in [2.05, 4.69) is 54.2 Å². The number of halogens is 1. The monoisotopic (exact) mass is 299 g/mol. The quantitative estimate of drug-likeness (QED) is 0.828. The summed E-state index contributed by atoms with van der Waals surface area (Å²) in [6.45, 7) is 8.06. The van der Waals surface area contributed by atoms with E-state index >= 15 is 0 Å². The standard InChI is InChI=1S/C14H22BrNO/c1-4-11(2)16-9-12(3)17-10-13-6-5-7-14(15)8-13/h5-8,11-12,16H,4,9-10H2,1-3H3. The molecule has 0 fully saturated rings. The molecule has 2 atom stereocenters. The third-order valence-electron chi connectivity index (χ3n) is 2.79. The highest BCUT2D eigenvalue weighted by Gasteiger charge is 2.04. The molecule has 1 aromatic carbocycles. The smallest absolute Gasteiger partial charge is 0.0721 e. The molecule has 0 aliphatic rings. The van der Waals surface area contributed by atoms with Crippen molar-refractivity contribution in [2.45, 2.75) is 45.9 Å². The maximum absolute atomic E-state index is 5.79. The third-order valence-corrected chi connectivity index (χ3v) is 3.28. The van der Waals surface area contributed by atoms with Crippen molar-refractivity contribution in [3.05, 3.63) is 34.3 Å². The molecular formula is C14H22BrNO. The van der Waals surface area contributed by atoms with Gasteiger partial charge in [-0.25, -0.2) is 0 Å². The van der Waals surface area contributed by atoms with Gasteiger partial charge in [-0.2, -0.15) is 0 Å². The Hall–Kier alpha value is -0.380. The Morgan fingerprint density at radius 1 is 1.35 bits per heavy atom. The van der Waals surface area contributed by atoms with Gasteiger partial charge in [0.1, 0.15) is 0 Å². The van der Waals surface area contributed by atoms with Crippen LogP contribution in [0.1, 0.15) is 32.8 Å². The minimum Gasteiger partial charge on any atom is -0.373 e. The lowest BCUT2D eigenvalue weighted by Crippen LogP contribution is -2.33. The van der Waals surface area contributed by atoms with Gasteiger partial charge in [0.2, 0.25) is 0 Å². The van der Waals surface area contributed by atoms with Crippen molar-refractivity contribution < 1.29 is 4.74 Å². The molecule has 0 aliphatic heterocycles. The molecule has 96 valence electrons. The zero-order valence-electron chi connectivity index (χ0n) is 10.9. The van der Waals surface area contributed by atoms with Crippen LogP contribution in [0.25, 0.3) is 0 Å². The fraction of sp³-hybridized carbons (Fsp3) is 0.571. The predicted molar refractivity (Wildman–Crippen MR) is 76.1 cm³/mol. The van der Waals surface area contributed by atoms with Crippen molar-refractivity contribution in [2.24, 2.45) is 0 Å². The number of ether oxygens (including phenoxy) is 1. The molecule has 0 bridgehead atoms. The summed E-state index contributed by atoms with van der Waals surface area (Å²) in [7, 11) is 0. The summed E-state index contributed by atoms with van der Waals surface area (Å²) >= 11 is 3.46. The molecule has 0 radical (unpaired) electrons. The molecule has 0 heterocycles. The van der Waals surface area contributed by atoms with E-state index in [1.165, 1.54) is 5.56 Å². The van der Waals surface area contributed by atoms with Gasteiger partial charge in [-0.1, -0.05) is 35.0 Å². The fourth-order valence-electron chi connectivity index (χ4n) is 1.44. The van der Waals surface area contributed by atoms with Gasteiger partial charge in [-0.15, -0.1) is 0 Å². The zero-order valence-corrected chi connectivity index (χ0v) is 12.5. The van der Waals surface area contributed by atoms with E-state index in [0.29, 0.717) is 12.6 Å². The summed E-state index contributed by atoms with van der Waals surface area (Å²) in [6.07, 6.45) is 1.39. The predicted octanol–water partition coefficient (Wildman–Crippen LogP) is 3.74. The molecule has 0 aromatic heterocycles. The molecule has 0 spiro atoms. The van der Waals surface area contributed by atoms with E-state index in [0.717, 1.165) is 17.4 Å². The number of benzene rings is 1. The van der Waals surface area contributed by atoms with Crippen LogP contribution in [0.15, 0.2) is 28.7 Å².